The van der Waals surface area contributed by atoms with E-state index in [1.165, 1.54) is 12.1 Å². The third kappa shape index (κ3) is 2.92. The fourth-order valence-corrected chi connectivity index (χ4v) is 1.99. The lowest BCUT2D eigenvalue weighted by molar-refractivity contribution is -0.146. The van der Waals surface area contributed by atoms with E-state index in [4.69, 9.17) is 0 Å². The van der Waals surface area contributed by atoms with Crippen LogP contribution in [0, 0.1) is 0 Å². The third-order valence-corrected chi connectivity index (χ3v) is 3.57. The number of aliphatic hydroxyl groups excluding tert-OH is 1. The lowest BCUT2D eigenvalue weighted by Gasteiger charge is -2.31. The molecule has 9 heteroatoms. The van der Waals surface area contributed by atoms with Gasteiger partial charge in [0.15, 0.2) is 5.65 Å². The molecular weight excluding hydrogens is 287 g/mol. The van der Waals surface area contributed by atoms with Gasteiger partial charge in [-0.05, 0) is 25.0 Å². The van der Waals surface area contributed by atoms with E-state index in [-0.39, 0.29) is 18.1 Å². The highest BCUT2D eigenvalue weighted by Gasteiger charge is 2.37. The van der Waals surface area contributed by atoms with E-state index in [0.717, 1.165) is 0 Å². The van der Waals surface area contributed by atoms with E-state index >= 15 is 0 Å². The van der Waals surface area contributed by atoms with Crippen LogP contribution in [0.15, 0.2) is 12.1 Å². The first-order valence-electron chi connectivity index (χ1n) is 6.54. The molecule has 0 saturated heterocycles. The Morgan fingerprint density at radius 2 is 1.86 bits per heavy atom. The Labute approximate surface area is 119 Å². The van der Waals surface area contributed by atoms with Crippen LogP contribution in [0.2, 0.25) is 0 Å². The van der Waals surface area contributed by atoms with Gasteiger partial charge in [-0.25, -0.2) is 0 Å². The van der Waals surface area contributed by atoms with E-state index in [2.05, 4.69) is 20.6 Å². The molecule has 2 rings (SSSR count). The summed E-state index contributed by atoms with van der Waals surface area (Å²) < 4.78 is 39.0. The lowest BCUT2D eigenvalue weighted by atomic mass is 9.94. The number of nitrogens with one attached hydrogen (secondary N) is 1. The Hall–Kier alpha value is -1.90. The SMILES string of the molecule is CCC(CC)(CO)Nc1ccc2nnc(C(F)(F)F)n2n1. The van der Waals surface area contributed by atoms with E-state index in [1.54, 1.807) is 0 Å². The van der Waals surface area contributed by atoms with Gasteiger partial charge in [0.05, 0.1) is 12.1 Å². The maximum atomic E-state index is 12.8. The first-order chi connectivity index (χ1) is 9.85. The molecule has 0 aliphatic heterocycles. The molecule has 0 amide bonds. The van der Waals surface area contributed by atoms with Gasteiger partial charge in [-0.3, -0.25) is 0 Å². The summed E-state index contributed by atoms with van der Waals surface area (Å²) in [5.74, 6) is -0.950. The smallest absolute Gasteiger partial charge is 0.394 e. The summed E-state index contributed by atoms with van der Waals surface area (Å²) >= 11 is 0. The zero-order valence-corrected chi connectivity index (χ0v) is 11.6. The Morgan fingerprint density at radius 3 is 2.38 bits per heavy atom. The van der Waals surface area contributed by atoms with Crippen molar-refractivity contribution < 1.29 is 18.3 Å². The maximum absolute atomic E-state index is 12.8. The van der Waals surface area contributed by atoms with Gasteiger partial charge in [-0.1, -0.05) is 13.8 Å². The molecule has 2 aromatic heterocycles. The van der Waals surface area contributed by atoms with E-state index in [1.807, 2.05) is 13.8 Å². The number of aromatic nitrogens is 4. The van der Waals surface area contributed by atoms with Crippen LogP contribution in [0.25, 0.3) is 5.65 Å². The zero-order chi connectivity index (χ0) is 15.7. The minimum atomic E-state index is -4.63. The van der Waals surface area contributed by atoms with Gasteiger partial charge in [0, 0.05) is 0 Å². The molecular formula is C12H16F3N5O. The summed E-state index contributed by atoms with van der Waals surface area (Å²) in [5, 5.41) is 22.9. The van der Waals surface area contributed by atoms with Crippen molar-refractivity contribution in [3.8, 4) is 0 Å². The van der Waals surface area contributed by atoms with E-state index in [0.29, 0.717) is 17.4 Å². The van der Waals surface area contributed by atoms with E-state index in [9.17, 15) is 18.3 Å². The molecule has 0 aromatic carbocycles. The number of halogens is 3. The number of rotatable bonds is 5. The number of alkyl halides is 3. The minimum absolute atomic E-state index is 0.00969. The van der Waals surface area contributed by atoms with Crippen molar-refractivity contribution in [2.24, 2.45) is 0 Å². The fraction of sp³-hybridized carbons (Fsp3) is 0.583. The molecule has 0 aliphatic rings. The van der Waals surface area contributed by atoms with Crippen LogP contribution in [-0.4, -0.2) is 37.1 Å². The van der Waals surface area contributed by atoms with Gasteiger partial charge in [0.25, 0.3) is 5.82 Å². The van der Waals surface area contributed by atoms with Crippen LogP contribution >= 0.6 is 0 Å². The second-order valence-electron chi connectivity index (χ2n) is 4.78. The largest absolute Gasteiger partial charge is 0.453 e. The van der Waals surface area contributed by atoms with Gasteiger partial charge in [0.2, 0.25) is 0 Å². The number of fused-ring (bicyclic) bond motifs is 1. The first-order valence-corrected chi connectivity index (χ1v) is 6.54. The molecule has 0 fully saturated rings. The molecule has 2 N–H and O–H groups in total. The van der Waals surface area contributed by atoms with Gasteiger partial charge >= 0.3 is 6.18 Å². The number of nitrogens with zero attached hydrogens (tertiary/aromatic N) is 4. The topological polar surface area (TPSA) is 75.3 Å². The Kier molecular flexibility index (Phi) is 4.04. The highest BCUT2D eigenvalue weighted by Crippen LogP contribution is 2.28. The normalized spacial score (nSPS) is 12.9. The van der Waals surface area contributed by atoms with Gasteiger partial charge in [-0.15, -0.1) is 15.3 Å². The summed E-state index contributed by atoms with van der Waals surface area (Å²) in [4.78, 5) is 0. The zero-order valence-electron chi connectivity index (χ0n) is 11.6. The summed E-state index contributed by atoms with van der Waals surface area (Å²) in [6.45, 7) is 3.62. The number of hydrogen-bond donors (Lipinski definition) is 2. The van der Waals surface area contributed by atoms with Crippen molar-refractivity contribution in [1.82, 2.24) is 19.8 Å². The van der Waals surface area contributed by atoms with Crippen molar-refractivity contribution in [3.05, 3.63) is 18.0 Å². The number of aliphatic hydroxyl groups is 1. The standard InChI is InChI=1S/C12H16F3N5O/c1-3-11(4-2,7-21)16-8-5-6-9-17-18-10(12(13,14)15)20(9)19-8/h5-6,21H,3-4,7H2,1-2H3,(H,16,19). The Morgan fingerprint density at radius 1 is 1.19 bits per heavy atom. The highest BCUT2D eigenvalue weighted by molar-refractivity contribution is 5.45. The van der Waals surface area contributed by atoms with Crippen molar-refractivity contribution in [2.45, 2.75) is 38.4 Å². The minimum Gasteiger partial charge on any atom is -0.394 e. The summed E-state index contributed by atoms with van der Waals surface area (Å²) in [5.41, 5.74) is -0.608. The highest BCUT2D eigenvalue weighted by atomic mass is 19.4. The van der Waals surface area contributed by atoms with E-state index < -0.39 is 17.5 Å². The van der Waals surface area contributed by atoms with Gasteiger partial charge < -0.3 is 10.4 Å². The van der Waals surface area contributed by atoms with Gasteiger partial charge in [0.1, 0.15) is 5.82 Å². The predicted octanol–water partition coefficient (Wildman–Crippen LogP) is 2.11. The molecule has 0 spiro atoms. The molecule has 2 heterocycles. The Balaban J connectivity index is 2.43. The van der Waals surface area contributed by atoms with Crippen molar-refractivity contribution in [1.29, 1.82) is 0 Å². The molecule has 2 aromatic rings. The van der Waals surface area contributed by atoms with Crippen molar-refractivity contribution in [2.75, 3.05) is 11.9 Å². The van der Waals surface area contributed by atoms with Crippen LogP contribution in [0.1, 0.15) is 32.5 Å². The average molecular weight is 303 g/mol. The molecule has 0 atom stereocenters. The van der Waals surface area contributed by atoms with Crippen LogP contribution in [0.3, 0.4) is 0 Å². The lowest BCUT2D eigenvalue weighted by Crippen LogP contribution is -2.41. The quantitative estimate of drug-likeness (QED) is 0.885. The number of hydrogen-bond acceptors (Lipinski definition) is 5. The molecule has 0 saturated carbocycles. The molecule has 6 nitrogen and oxygen atoms in total. The Bertz CT molecular complexity index is 613. The first kappa shape index (κ1) is 15.5. The van der Waals surface area contributed by atoms with Crippen LogP contribution in [-0.2, 0) is 6.18 Å². The fourth-order valence-electron chi connectivity index (χ4n) is 1.99. The summed E-state index contributed by atoms with van der Waals surface area (Å²) in [6.07, 6.45) is -3.42. The molecule has 21 heavy (non-hydrogen) atoms. The predicted molar refractivity (Wildman–Crippen MR) is 69.8 cm³/mol. The second-order valence-corrected chi connectivity index (χ2v) is 4.78. The van der Waals surface area contributed by atoms with Crippen molar-refractivity contribution >= 4 is 11.5 Å². The maximum Gasteiger partial charge on any atom is 0.453 e. The summed E-state index contributed by atoms with van der Waals surface area (Å²) in [6, 6.07) is 2.91. The average Bonchev–Trinajstić information content (AvgIpc) is 2.88. The second kappa shape index (κ2) is 5.47. The summed E-state index contributed by atoms with van der Waals surface area (Å²) in [7, 11) is 0. The van der Waals surface area contributed by atoms with Crippen LogP contribution in [0.5, 0.6) is 0 Å². The third-order valence-electron chi connectivity index (χ3n) is 3.57. The molecule has 0 unspecified atom stereocenters. The molecule has 0 radical (unpaired) electrons. The van der Waals surface area contributed by atoms with Gasteiger partial charge in [-0.2, -0.15) is 17.7 Å². The molecule has 0 aliphatic carbocycles. The molecule has 0 bridgehead atoms. The van der Waals surface area contributed by atoms with Crippen LogP contribution in [0.4, 0.5) is 19.0 Å². The van der Waals surface area contributed by atoms with Crippen molar-refractivity contribution in [3.63, 3.8) is 0 Å². The monoisotopic (exact) mass is 303 g/mol. The van der Waals surface area contributed by atoms with Crippen LogP contribution < -0.4 is 5.32 Å². The molecule has 116 valence electrons. The number of anilines is 1.